The molecule has 1 aromatic carbocycles. The molecule has 0 aliphatic carbocycles. The van der Waals surface area contributed by atoms with Crippen LogP contribution < -0.4 is 5.32 Å². The van der Waals surface area contributed by atoms with Crippen LogP contribution in [0.5, 0.6) is 5.75 Å². The van der Waals surface area contributed by atoms with Crippen molar-refractivity contribution < 1.29 is 9.90 Å². The predicted octanol–water partition coefficient (Wildman–Crippen LogP) is 3.11. The third-order valence-corrected chi connectivity index (χ3v) is 2.89. The minimum atomic E-state index is -0.281. The number of nitrogens with one attached hydrogen (secondary N) is 1. The van der Waals surface area contributed by atoms with E-state index < -0.39 is 0 Å². The number of carbonyl (C=O) groups excluding carboxylic acids is 1. The Balaban J connectivity index is 2.18. The topological polar surface area (TPSA) is 62.2 Å². The summed E-state index contributed by atoms with van der Waals surface area (Å²) in [5, 5.41) is 12.0. The monoisotopic (exact) mass is 306 g/mol. The fourth-order valence-corrected chi connectivity index (χ4v) is 1.72. The molecule has 0 bridgehead atoms. The standard InChI is InChI=1S/C13H11BrN2O2/c1-8-6-10(17)3-5-11(8)16-13(18)12-4-2-9(14)7-15-12/h2-7,17H,1H3,(H,16,18). The van der Waals surface area contributed by atoms with E-state index in [1.165, 1.54) is 6.07 Å². The highest BCUT2D eigenvalue weighted by atomic mass is 79.9. The first-order chi connectivity index (χ1) is 8.56. The van der Waals surface area contributed by atoms with Gasteiger partial charge in [0.15, 0.2) is 0 Å². The number of amides is 1. The van der Waals surface area contributed by atoms with Crippen LogP contribution >= 0.6 is 15.9 Å². The number of hydrogen-bond acceptors (Lipinski definition) is 3. The summed E-state index contributed by atoms with van der Waals surface area (Å²) in [6, 6.07) is 8.16. The molecule has 0 atom stereocenters. The molecule has 5 heteroatoms. The van der Waals surface area contributed by atoms with Gasteiger partial charge in [0.2, 0.25) is 0 Å². The number of benzene rings is 1. The van der Waals surface area contributed by atoms with Crippen molar-refractivity contribution in [1.29, 1.82) is 0 Å². The van der Waals surface area contributed by atoms with Gasteiger partial charge >= 0.3 is 0 Å². The molecule has 0 unspecified atom stereocenters. The Kier molecular flexibility index (Phi) is 3.62. The Morgan fingerprint density at radius 3 is 2.72 bits per heavy atom. The highest BCUT2D eigenvalue weighted by Gasteiger charge is 2.09. The summed E-state index contributed by atoms with van der Waals surface area (Å²) in [6.07, 6.45) is 1.57. The van der Waals surface area contributed by atoms with E-state index in [-0.39, 0.29) is 11.7 Å². The largest absolute Gasteiger partial charge is 0.508 e. The van der Waals surface area contributed by atoms with Crippen LogP contribution in [-0.4, -0.2) is 16.0 Å². The molecule has 92 valence electrons. The lowest BCUT2D eigenvalue weighted by atomic mass is 10.2. The maximum Gasteiger partial charge on any atom is 0.274 e. The van der Waals surface area contributed by atoms with Crippen molar-refractivity contribution in [1.82, 2.24) is 4.98 Å². The van der Waals surface area contributed by atoms with Gasteiger partial charge in [-0.2, -0.15) is 0 Å². The lowest BCUT2D eigenvalue weighted by molar-refractivity contribution is 0.102. The predicted molar refractivity (Wildman–Crippen MR) is 72.7 cm³/mol. The SMILES string of the molecule is Cc1cc(O)ccc1NC(=O)c1ccc(Br)cn1. The first kappa shape index (κ1) is 12.6. The fourth-order valence-electron chi connectivity index (χ4n) is 1.48. The molecule has 18 heavy (non-hydrogen) atoms. The fraction of sp³-hybridized carbons (Fsp3) is 0.0769. The summed E-state index contributed by atoms with van der Waals surface area (Å²) < 4.78 is 0.819. The second kappa shape index (κ2) is 5.18. The summed E-state index contributed by atoms with van der Waals surface area (Å²) in [4.78, 5) is 15.9. The summed E-state index contributed by atoms with van der Waals surface area (Å²) in [6.45, 7) is 1.81. The lowest BCUT2D eigenvalue weighted by Gasteiger charge is -2.08. The van der Waals surface area contributed by atoms with Crippen LogP contribution in [-0.2, 0) is 0 Å². The molecule has 1 amide bonds. The normalized spacial score (nSPS) is 10.1. The van der Waals surface area contributed by atoms with Crippen LogP contribution in [0.4, 0.5) is 5.69 Å². The summed E-state index contributed by atoms with van der Waals surface area (Å²) in [5.41, 5.74) is 1.79. The molecule has 0 saturated carbocycles. The van der Waals surface area contributed by atoms with Gasteiger partial charge in [0.25, 0.3) is 5.91 Å². The van der Waals surface area contributed by atoms with Crippen molar-refractivity contribution >= 4 is 27.5 Å². The third-order valence-electron chi connectivity index (χ3n) is 2.42. The average Bonchev–Trinajstić information content (AvgIpc) is 2.33. The number of aromatic nitrogens is 1. The number of phenolic OH excluding ortho intramolecular Hbond substituents is 1. The van der Waals surface area contributed by atoms with Crippen LogP contribution in [0, 0.1) is 6.92 Å². The molecular weight excluding hydrogens is 296 g/mol. The van der Waals surface area contributed by atoms with Gasteiger partial charge in [0.05, 0.1) is 0 Å². The number of pyridine rings is 1. The van der Waals surface area contributed by atoms with Crippen LogP contribution in [0.25, 0.3) is 0 Å². The molecule has 0 saturated heterocycles. The Labute approximate surface area is 113 Å². The molecule has 4 nitrogen and oxygen atoms in total. The van der Waals surface area contributed by atoms with Crippen LogP contribution in [0.1, 0.15) is 16.1 Å². The van der Waals surface area contributed by atoms with E-state index in [9.17, 15) is 9.90 Å². The quantitative estimate of drug-likeness (QED) is 0.838. The number of halogens is 1. The van der Waals surface area contributed by atoms with Gasteiger partial charge in [-0.3, -0.25) is 4.79 Å². The van der Waals surface area contributed by atoms with E-state index >= 15 is 0 Å². The highest BCUT2D eigenvalue weighted by molar-refractivity contribution is 9.10. The summed E-state index contributed by atoms with van der Waals surface area (Å²) >= 11 is 3.26. The summed E-state index contributed by atoms with van der Waals surface area (Å²) in [5.74, 6) is -0.108. The number of anilines is 1. The molecular formula is C13H11BrN2O2. The zero-order valence-electron chi connectivity index (χ0n) is 9.64. The number of hydrogen-bond donors (Lipinski definition) is 2. The zero-order valence-corrected chi connectivity index (χ0v) is 11.2. The molecule has 1 heterocycles. The first-order valence-electron chi connectivity index (χ1n) is 5.29. The van der Waals surface area contributed by atoms with Crippen LogP contribution in [0.15, 0.2) is 41.0 Å². The minimum absolute atomic E-state index is 0.173. The number of aromatic hydroxyl groups is 1. The van der Waals surface area contributed by atoms with Crippen molar-refractivity contribution in [3.8, 4) is 5.75 Å². The summed E-state index contributed by atoms with van der Waals surface area (Å²) in [7, 11) is 0. The van der Waals surface area contributed by atoms with Gasteiger partial charge in [0, 0.05) is 16.4 Å². The van der Waals surface area contributed by atoms with Gasteiger partial charge in [-0.1, -0.05) is 0 Å². The lowest BCUT2D eigenvalue weighted by Crippen LogP contribution is -2.14. The van der Waals surface area contributed by atoms with E-state index in [4.69, 9.17) is 0 Å². The first-order valence-corrected chi connectivity index (χ1v) is 6.08. The molecule has 1 aromatic heterocycles. The van der Waals surface area contributed by atoms with Crippen molar-refractivity contribution in [2.75, 3.05) is 5.32 Å². The van der Waals surface area contributed by atoms with Crippen molar-refractivity contribution in [3.63, 3.8) is 0 Å². The Morgan fingerprint density at radius 1 is 1.33 bits per heavy atom. The van der Waals surface area contributed by atoms with Gasteiger partial charge in [-0.25, -0.2) is 4.98 Å². The van der Waals surface area contributed by atoms with Gasteiger partial charge < -0.3 is 10.4 Å². The van der Waals surface area contributed by atoms with Crippen molar-refractivity contribution in [3.05, 3.63) is 52.3 Å². The highest BCUT2D eigenvalue weighted by Crippen LogP contribution is 2.20. The number of nitrogens with zero attached hydrogens (tertiary/aromatic N) is 1. The second-order valence-corrected chi connectivity index (χ2v) is 4.73. The number of carbonyl (C=O) groups is 1. The molecule has 0 spiro atoms. The van der Waals surface area contributed by atoms with Gasteiger partial charge in [0.1, 0.15) is 11.4 Å². The smallest absolute Gasteiger partial charge is 0.274 e. The van der Waals surface area contributed by atoms with Gasteiger partial charge in [-0.05, 0) is 58.7 Å². The second-order valence-electron chi connectivity index (χ2n) is 3.82. The Hall–Kier alpha value is -1.88. The Bertz CT molecular complexity index is 582. The van der Waals surface area contributed by atoms with E-state index in [2.05, 4.69) is 26.2 Å². The molecule has 0 aliphatic heterocycles. The third kappa shape index (κ3) is 2.87. The average molecular weight is 307 g/mol. The van der Waals surface area contributed by atoms with E-state index in [0.29, 0.717) is 11.4 Å². The molecule has 2 N–H and O–H groups in total. The molecule has 0 radical (unpaired) electrons. The number of aryl methyl sites for hydroxylation is 1. The minimum Gasteiger partial charge on any atom is -0.508 e. The van der Waals surface area contributed by atoms with E-state index in [1.54, 1.807) is 30.5 Å². The van der Waals surface area contributed by atoms with Crippen molar-refractivity contribution in [2.24, 2.45) is 0 Å². The molecule has 2 rings (SSSR count). The number of rotatable bonds is 2. The van der Waals surface area contributed by atoms with E-state index in [0.717, 1.165) is 10.0 Å². The van der Waals surface area contributed by atoms with Crippen LogP contribution in [0.2, 0.25) is 0 Å². The van der Waals surface area contributed by atoms with Crippen molar-refractivity contribution in [2.45, 2.75) is 6.92 Å². The van der Waals surface area contributed by atoms with Gasteiger partial charge in [-0.15, -0.1) is 0 Å². The maximum absolute atomic E-state index is 11.9. The maximum atomic E-state index is 11.9. The molecule has 0 fully saturated rings. The zero-order chi connectivity index (χ0) is 13.1. The molecule has 0 aliphatic rings. The number of phenols is 1. The van der Waals surface area contributed by atoms with Crippen LogP contribution in [0.3, 0.4) is 0 Å². The molecule has 2 aromatic rings. The van der Waals surface area contributed by atoms with E-state index in [1.807, 2.05) is 6.92 Å². The Morgan fingerprint density at radius 2 is 2.11 bits per heavy atom.